The van der Waals surface area contributed by atoms with Crippen molar-refractivity contribution in [3.63, 3.8) is 0 Å². The van der Waals surface area contributed by atoms with Crippen molar-refractivity contribution in [2.75, 3.05) is 23.7 Å². The molecule has 38 heavy (non-hydrogen) atoms. The maximum absolute atomic E-state index is 13.2. The molecule has 190 valence electrons. The molecule has 9 nitrogen and oxygen atoms in total. The van der Waals surface area contributed by atoms with E-state index in [1.165, 1.54) is 6.92 Å². The van der Waals surface area contributed by atoms with Crippen LogP contribution in [0.25, 0.3) is 22.4 Å². The molecule has 5 aromatic rings. The van der Waals surface area contributed by atoms with Gasteiger partial charge in [0.15, 0.2) is 5.82 Å². The van der Waals surface area contributed by atoms with Crippen LogP contribution in [0.4, 0.5) is 11.5 Å². The fourth-order valence-electron chi connectivity index (χ4n) is 3.86. The molecule has 0 fully saturated rings. The maximum Gasteiger partial charge on any atom is 0.272 e. The first-order valence-corrected chi connectivity index (χ1v) is 12.1. The summed E-state index contributed by atoms with van der Waals surface area (Å²) in [4.78, 5) is 36.9. The van der Waals surface area contributed by atoms with Gasteiger partial charge in [-0.1, -0.05) is 54.6 Å². The Bertz CT molecular complexity index is 1570. The van der Waals surface area contributed by atoms with E-state index in [0.717, 1.165) is 5.56 Å². The molecule has 0 saturated carbocycles. The van der Waals surface area contributed by atoms with E-state index < -0.39 is 0 Å². The molecule has 0 atom stereocenters. The van der Waals surface area contributed by atoms with E-state index in [4.69, 9.17) is 9.72 Å². The van der Waals surface area contributed by atoms with Gasteiger partial charge in [-0.25, -0.2) is 9.97 Å². The fourth-order valence-corrected chi connectivity index (χ4v) is 3.86. The first-order valence-electron chi connectivity index (χ1n) is 12.1. The molecule has 4 N–H and O–H groups in total. The maximum atomic E-state index is 13.2. The van der Waals surface area contributed by atoms with Crippen molar-refractivity contribution in [3.8, 4) is 22.9 Å². The summed E-state index contributed by atoms with van der Waals surface area (Å²) in [6.07, 6.45) is 0. The number of amides is 2. The van der Waals surface area contributed by atoms with Crippen LogP contribution in [0.2, 0.25) is 0 Å². The highest BCUT2D eigenvalue weighted by atomic mass is 16.5. The molecule has 0 bridgehead atoms. The van der Waals surface area contributed by atoms with Gasteiger partial charge < -0.3 is 25.7 Å². The van der Waals surface area contributed by atoms with Crippen LogP contribution in [-0.4, -0.2) is 39.9 Å². The Kier molecular flexibility index (Phi) is 7.26. The number of ether oxygens (including phenoxy) is 1. The predicted molar refractivity (Wildman–Crippen MR) is 147 cm³/mol. The summed E-state index contributed by atoms with van der Waals surface area (Å²) in [5, 5.41) is 9.58. The molecule has 0 aliphatic rings. The van der Waals surface area contributed by atoms with Crippen molar-refractivity contribution in [2.24, 2.45) is 0 Å². The number of aromatic amines is 1. The quantitative estimate of drug-likeness (QED) is 0.204. The molecular formula is C29H26N6O3. The SMILES string of the molecule is CC(=O)NCCNc1nc(-c2ccccc2)nc2[nH]c(C(=O)Nc3cccc(Oc4ccccc4)c3)cc12. The second-order valence-electron chi connectivity index (χ2n) is 8.51. The van der Waals surface area contributed by atoms with E-state index in [1.54, 1.807) is 18.2 Å². The average Bonchev–Trinajstić information content (AvgIpc) is 3.37. The number of H-pyrrole nitrogens is 1. The first-order chi connectivity index (χ1) is 18.5. The molecule has 9 heteroatoms. The smallest absolute Gasteiger partial charge is 0.272 e. The van der Waals surface area contributed by atoms with Crippen LogP contribution in [0.3, 0.4) is 0 Å². The molecule has 0 saturated heterocycles. The van der Waals surface area contributed by atoms with Gasteiger partial charge in [-0.2, -0.15) is 0 Å². The first kappa shape index (κ1) is 24.5. The summed E-state index contributed by atoms with van der Waals surface area (Å²) < 4.78 is 5.87. The predicted octanol–water partition coefficient (Wildman–Crippen LogP) is 5.22. The highest BCUT2D eigenvalue weighted by Crippen LogP contribution is 2.27. The van der Waals surface area contributed by atoms with Crippen LogP contribution in [0.15, 0.2) is 91.0 Å². The van der Waals surface area contributed by atoms with E-state index in [9.17, 15) is 9.59 Å². The van der Waals surface area contributed by atoms with Gasteiger partial charge in [0, 0.05) is 37.3 Å². The van der Waals surface area contributed by atoms with Crippen molar-refractivity contribution in [1.82, 2.24) is 20.3 Å². The Hall–Kier alpha value is -5.18. The van der Waals surface area contributed by atoms with Crippen molar-refractivity contribution >= 4 is 34.4 Å². The highest BCUT2D eigenvalue weighted by molar-refractivity contribution is 6.07. The summed E-state index contributed by atoms with van der Waals surface area (Å²) in [5.74, 6) is 1.95. The number of nitrogens with zero attached hydrogens (tertiary/aromatic N) is 2. The van der Waals surface area contributed by atoms with Crippen molar-refractivity contribution in [1.29, 1.82) is 0 Å². The van der Waals surface area contributed by atoms with Crippen LogP contribution in [0.1, 0.15) is 17.4 Å². The Balaban J connectivity index is 1.39. The van der Waals surface area contributed by atoms with Crippen LogP contribution in [-0.2, 0) is 4.79 Å². The van der Waals surface area contributed by atoms with Gasteiger partial charge >= 0.3 is 0 Å². The fraction of sp³-hybridized carbons (Fsp3) is 0.103. The van der Waals surface area contributed by atoms with E-state index >= 15 is 0 Å². The van der Waals surface area contributed by atoms with Crippen LogP contribution < -0.4 is 20.7 Å². The molecule has 0 aliphatic heterocycles. The summed E-state index contributed by atoms with van der Waals surface area (Å²) >= 11 is 0. The Morgan fingerprint density at radius 3 is 2.34 bits per heavy atom. The molecule has 0 radical (unpaired) electrons. The number of carbonyl (C=O) groups excluding carboxylic acids is 2. The minimum absolute atomic E-state index is 0.108. The zero-order chi connectivity index (χ0) is 26.3. The monoisotopic (exact) mass is 506 g/mol. The van der Waals surface area contributed by atoms with Crippen LogP contribution in [0.5, 0.6) is 11.5 Å². The zero-order valence-electron chi connectivity index (χ0n) is 20.7. The Morgan fingerprint density at radius 1 is 0.842 bits per heavy atom. The van der Waals surface area contributed by atoms with Crippen molar-refractivity contribution < 1.29 is 14.3 Å². The molecule has 0 unspecified atom stereocenters. The zero-order valence-corrected chi connectivity index (χ0v) is 20.7. The number of rotatable bonds is 9. The van der Waals surface area contributed by atoms with E-state index in [2.05, 4.69) is 25.9 Å². The van der Waals surface area contributed by atoms with Gasteiger partial charge in [0.05, 0.1) is 5.39 Å². The molecule has 3 aromatic carbocycles. The lowest BCUT2D eigenvalue weighted by atomic mass is 10.2. The molecule has 5 rings (SSSR count). The van der Waals surface area contributed by atoms with Gasteiger partial charge in [0.25, 0.3) is 5.91 Å². The topological polar surface area (TPSA) is 121 Å². The summed E-state index contributed by atoms with van der Waals surface area (Å²) in [6, 6.07) is 27.9. The van der Waals surface area contributed by atoms with Crippen molar-refractivity contribution in [3.05, 3.63) is 96.7 Å². The molecule has 0 spiro atoms. The number of aromatic nitrogens is 3. The number of fused-ring (bicyclic) bond motifs is 1. The largest absolute Gasteiger partial charge is 0.457 e. The molecule has 2 aromatic heterocycles. The highest BCUT2D eigenvalue weighted by Gasteiger charge is 2.16. The van der Waals surface area contributed by atoms with Gasteiger partial charge in [-0.15, -0.1) is 0 Å². The van der Waals surface area contributed by atoms with Gasteiger partial charge in [-0.05, 0) is 30.3 Å². The summed E-state index contributed by atoms with van der Waals surface area (Å²) in [7, 11) is 0. The third-order valence-electron chi connectivity index (χ3n) is 5.63. The molecule has 2 amide bonds. The number of hydrogen-bond acceptors (Lipinski definition) is 6. The van der Waals surface area contributed by atoms with E-state index in [1.807, 2.05) is 72.8 Å². The minimum Gasteiger partial charge on any atom is -0.457 e. The van der Waals surface area contributed by atoms with Crippen LogP contribution in [0, 0.1) is 0 Å². The Labute approximate surface area is 219 Å². The number of nitrogens with one attached hydrogen (secondary N) is 4. The number of para-hydroxylation sites is 1. The molecule has 2 heterocycles. The third kappa shape index (κ3) is 5.96. The number of hydrogen-bond donors (Lipinski definition) is 4. The number of benzene rings is 3. The molecule has 0 aliphatic carbocycles. The lowest BCUT2D eigenvalue weighted by Gasteiger charge is -2.09. The summed E-state index contributed by atoms with van der Waals surface area (Å²) in [5.41, 5.74) is 2.29. The average molecular weight is 507 g/mol. The van der Waals surface area contributed by atoms with Gasteiger partial charge in [-0.3, -0.25) is 9.59 Å². The molecular weight excluding hydrogens is 480 g/mol. The summed E-state index contributed by atoms with van der Waals surface area (Å²) in [6.45, 7) is 2.36. The van der Waals surface area contributed by atoms with Gasteiger partial charge in [0.1, 0.15) is 28.7 Å². The van der Waals surface area contributed by atoms with Crippen molar-refractivity contribution in [2.45, 2.75) is 6.92 Å². The van der Waals surface area contributed by atoms with Crippen LogP contribution >= 0.6 is 0 Å². The number of anilines is 2. The Morgan fingerprint density at radius 2 is 1.58 bits per heavy atom. The van der Waals surface area contributed by atoms with E-state index in [-0.39, 0.29) is 11.8 Å². The second kappa shape index (κ2) is 11.3. The normalized spacial score (nSPS) is 10.7. The van der Waals surface area contributed by atoms with Gasteiger partial charge in [0.2, 0.25) is 5.91 Å². The third-order valence-corrected chi connectivity index (χ3v) is 5.63. The number of carbonyl (C=O) groups is 2. The minimum atomic E-state index is -0.328. The lowest BCUT2D eigenvalue weighted by molar-refractivity contribution is -0.118. The second-order valence-corrected chi connectivity index (χ2v) is 8.51. The van der Waals surface area contributed by atoms with E-state index in [0.29, 0.717) is 58.6 Å². The lowest BCUT2D eigenvalue weighted by Crippen LogP contribution is -2.26. The standard InChI is InChI=1S/C29H26N6O3/c1-19(36)30-15-16-31-27-24-18-25(33-28(24)35-26(34-27)20-9-4-2-5-10-20)29(37)32-21-11-8-14-23(17-21)38-22-12-6-3-7-13-22/h2-14,17-18H,15-16H2,1H3,(H,30,36)(H,32,37)(H2,31,33,34,35).